The summed E-state index contributed by atoms with van der Waals surface area (Å²) in [5, 5.41) is 9.45. The molecule has 0 fully saturated rings. The number of aliphatic hydroxyl groups excluding tert-OH is 1. The lowest BCUT2D eigenvalue weighted by atomic mass is 10.1. The van der Waals surface area contributed by atoms with E-state index >= 15 is 0 Å². The molecule has 0 aliphatic rings. The summed E-state index contributed by atoms with van der Waals surface area (Å²) in [6.45, 7) is -3.22. The first kappa shape index (κ1) is 16.2. The third kappa shape index (κ3) is 3.00. The highest BCUT2D eigenvalue weighted by atomic mass is 19.3. The molecule has 0 saturated carbocycles. The fourth-order valence-corrected chi connectivity index (χ4v) is 1.16. The van der Waals surface area contributed by atoms with Gasteiger partial charge in [0, 0.05) is 0 Å². The summed E-state index contributed by atoms with van der Waals surface area (Å²) in [5.74, 6) is -17.8. The Kier molecular flexibility index (Phi) is 4.58. The SMILES string of the molecule is O=C(NCC(F)(F)CO)c1c(F)c(F)c(F)c(F)c1F. The van der Waals surface area contributed by atoms with E-state index in [4.69, 9.17) is 5.11 Å². The predicted molar refractivity (Wildman–Crippen MR) is 50.6 cm³/mol. The topological polar surface area (TPSA) is 49.3 Å². The van der Waals surface area contributed by atoms with Crippen LogP contribution < -0.4 is 5.32 Å². The summed E-state index contributed by atoms with van der Waals surface area (Å²) in [5.41, 5.74) is -1.88. The average molecular weight is 305 g/mol. The van der Waals surface area contributed by atoms with Crippen LogP contribution in [0.3, 0.4) is 0 Å². The van der Waals surface area contributed by atoms with E-state index in [0.29, 0.717) is 0 Å². The van der Waals surface area contributed by atoms with Crippen LogP contribution in [0.25, 0.3) is 0 Å². The van der Waals surface area contributed by atoms with Gasteiger partial charge in [-0.3, -0.25) is 4.79 Å². The summed E-state index contributed by atoms with van der Waals surface area (Å²) in [7, 11) is 0. The molecule has 3 nitrogen and oxygen atoms in total. The Morgan fingerprint density at radius 3 is 1.75 bits per heavy atom. The standard InChI is InChI=1S/C10H6F7NO2/c11-4-3(5(12)7(14)8(15)6(4)13)9(20)18-1-10(16,17)2-19/h19H,1-2H2,(H,18,20). The number of benzene rings is 1. The maximum atomic E-state index is 13.1. The molecule has 0 unspecified atom stereocenters. The molecule has 0 heterocycles. The minimum atomic E-state index is -3.81. The van der Waals surface area contributed by atoms with Crippen molar-refractivity contribution in [2.24, 2.45) is 0 Å². The second-order valence-corrected chi connectivity index (χ2v) is 3.64. The third-order valence-corrected chi connectivity index (χ3v) is 2.18. The van der Waals surface area contributed by atoms with Crippen LogP contribution in [-0.4, -0.2) is 30.1 Å². The summed E-state index contributed by atoms with van der Waals surface area (Å²) in [6, 6.07) is 0. The molecule has 0 bridgehead atoms. The molecule has 0 spiro atoms. The molecule has 0 atom stereocenters. The lowest BCUT2D eigenvalue weighted by molar-refractivity contribution is -0.0462. The van der Waals surface area contributed by atoms with Gasteiger partial charge in [0.15, 0.2) is 23.3 Å². The molecule has 1 aromatic carbocycles. The molecule has 1 aromatic rings. The first-order valence-electron chi connectivity index (χ1n) is 4.90. The number of halogens is 7. The molecule has 0 radical (unpaired) electrons. The molecule has 10 heteroatoms. The van der Waals surface area contributed by atoms with Crippen LogP contribution in [-0.2, 0) is 0 Å². The number of hydrogen-bond donors (Lipinski definition) is 2. The Labute approximate surface area is 107 Å². The van der Waals surface area contributed by atoms with Gasteiger partial charge in [-0.05, 0) is 0 Å². The highest BCUT2D eigenvalue weighted by Gasteiger charge is 2.32. The van der Waals surface area contributed by atoms with Crippen molar-refractivity contribution in [3.05, 3.63) is 34.6 Å². The van der Waals surface area contributed by atoms with E-state index in [1.807, 2.05) is 0 Å². The monoisotopic (exact) mass is 305 g/mol. The van der Waals surface area contributed by atoms with Crippen LogP contribution in [0.4, 0.5) is 30.7 Å². The Bertz CT molecular complexity index is 518. The maximum Gasteiger partial charge on any atom is 0.287 e. The zero-order valence-electron chi connectivity index (χ0n) is 9.42. The van der Waals surface area contributed by atoms with Crippen LogP contribution in [0.15, 0.2) is 0 Å². The number of carbonyl (C=O) groups excluding carboxylic acids is 1. The van der Waals surface area contributed by atoms with Gasteiger partial charge in [-0.15, -0.1) is 0 Å². The van der Waals surface area contributed by atoms with Crippen LogP contribution in [0, 0.1) is 29.1 Å². The Morgan fingerprint density at radius 2 is 1.35 bits per heavy atom. The Balaban J connectivity index is 3.12. The van der Waals surface area contributed by atoms with E-state index in [0.717, 1.165) is 0 Å². The van der Waals surface area contributed by atoms with Crippen molar-refractivity contribution in [1.82, 2.24) is 5.32 Å². The quantitative estimate of drug-likeness (QED) is 0.506. The van der Waals surface area contributed by atoms with Crippen molar-refractivity contribution in [2.75, 3.05) is 13.2 Å². The number of rotatable bonds is 4. The van der Waals surface area contributed by atoms with E-state index in [2.05, 4.69) is 0 Å². The van der Waals surface area contributed by atoms with Gasteiger partial charge in [0.25, 0.3) is 11.8 Å². The number of carbonyl (C=O) groups is 1. The molecular weight excluding hydrogens is 299 g/mol. The van der Waals surface area contributed by atoms with E-state index in [9.17, 15) is 35.5 Å². The summed E-state index contributed by atoms with van der Waals surface area (Å²) >= 11 is 0. The molecule has 1 rings (SSSR count). The number of amides is 1. The van der Waals surface area contributed by atoms with Crippen molar-refractivity contribution in [2.45, 2.75) is 5.92 Å². The van der Waals surface area contributed by atoms with Gasteiger partial charge in [-0.1, -0.05) is 0 Å². The smallest absolute Gasteiger partial charge is 0.287 e. The molecule has 0 aliphatic heterocycles. The van der Waals surface area contributed by atoms with E-state index in [1.165, 1.54) is 5.32 Å². The zero-order chi connectivity index (χ0) is 15.7. The fraction of sp³-hybridized carbons (Fsp3) is 0.300. The largest absolute Gasteiger partial charge is 0.390 e. The minimum Gasteiger partial charge on any atom is -0.390 e. The summed E-state index contributed by atoms with van der Waals surface area (Å²) in [4.78, 5) is 11.2. The number of aliphatic hydroxyl groups is 1. The molecule has 0 saturated heterocycles. The average Bonchev–Trinajstić information content (AvgIpc) is 2.41. The van der Waals surface area contributed by atoms with Gasteiger partial charge in [0.05, 0.1) is 6.54 Å². The van der Waals surface area contributed by atoms with E-state index in [1.54, 1.807) is 0 Å². The van der Waals surface area contributed by atoms with Crippen molar-refractivity contribution < 1.29 is 40.6 Å². The number of hydrogen-bond acceptors (Lipinski definition) is 2. The minimum absolute atomic E-state index is 1.26. The second-order valence-electron chi connectivity index (χ2n) is 3.64. The van der Waals surface area contributed by atoms with Gasteiger partial charge < -0.3 is 10.4 Å². The van der Waals surface area contributed by atoms with E-state index in [-0.39, 0.29) is 0 Å². The molecular formula is C10H6F7NO2. The van der Waals surface area contributed by atoms with Gasteiger partial charge >= 0.3 is 0 Å². The Hall–Kier alpha value is -1.84. The maximum absolute atomic E-state index is 13.1. The van der Waals surface area contributed by atoms with Crippen LogP contribution in [0.1, 0.15) is 10.4 Å². The third-order valence-electron chi connectivity index (χ3n) is 2.18. The van der Waals surface area contributed by atoms with Crippen LogP contribution in [0.2, 0.25) is 0 Å². The van der Waals surface area contributed by atoms with E-state index < -0.39 is 59.6 Å². The molecule has 1 amide bonds. The molecule has 0 aliphatic carbocycles. The fourth-order valence-electron chi connectivity index (χ4n) is 1.16. The van der Waals surface area contributed by atoms with Crippen LogP contribution in [0.5, 0.6) is 0 Å². The highest BCUT2D eigenvalue weighted by Crippen LogP contribution is 2.23. The molecule has 2 N–H and O–H groups in total. The zero-order valence-corrected chi connectivity index (χ0v) is 9.42. The summed E-state index contributed by atoms with van der Waals surface area (Å²) in [6.07, 6.45) is 0. The van der Waals surface area contributed by atoms with Gasteiger partial charge in [0.2, 0.25) is 5.82 Å². The number of alkyl halides is 2. The Morgan fingerprint density at radius 1 is 0.950 bits per heavy atom. The predicted octanol–water partition coefficient (Wildman–Crippen LogP) is 1.74. The lowest BCUT2D eigenvalue weighted by Gasteiger charge is -2.14. The molecule has 0 aromatic heterocycles. The van der Waals surface area contributed by atoms with Gasteiger partial charge in [-0.2, -0.15) is 0 Å². The second kappa shape index (κ2) is 5.65. The van der Waals surface area contributed by atoms with Crippen molar-refractivity contribution in [3.8, 4) is 0 Å². The number of nitrogens with one attached hydrogen (secondary N) is 1. The van der Waals surface area contributed by atoms with Crippen molar-refractivity contribution >= 4 is 5.91 Å². The van der Waals surface area contributed by atoms with Crippen LogP contribution >= 0.6 is 0 Å². The van der Waals surface area contributed by atoms with Crippen molar-refractivity contribution in [1.29, 1.82) is 0 Å². The summed E-state index contributed by atoms with van der Waals surface area (Å²) < 4.78 is 89.7. The lowest BCUT2D eigenvalue weighted by Crippen LogP contribution is -2.39. The van der Waals surface area contributed by atoms with Gasteiger partial charge in [-0.25, -0.2) is 30.7 Å². The first-order valence-corrected chi connectivity index (χ1v) is 4.90. The molecule has 112 valence electrons. The first-order chi connectivity index (χ1) is 9.12. The highest BCUT2D eigenvalue weighted by molar-refractivity contribution is 5.94. The van der Waals surface area contributed by atoms with Gasteiger partial charge in [0.1, 0.15) is 12.2 Å². The molecule has 20 heavy (non-hydrogen) atoms. The normalized spacial score (nSPS) is 11.6. The van der Waals surface area contributed by atoms with Crippen molar-refractivity contribution in [3.63, 3.8) is 0 Å².